The molecule has 1 aliphatic carbocycles. The maximum Gasteiger partial charge on any atom is 0.236 e. The fraction of sp³-hybridized carbons (Fsp3) is 0.909. The molecule has 0 radical (unpaired) electrons. The molecule has 2 rings (SSSR count). The van der Waals surface area contributed by atoms with Gasteiger partial charge in [-0.05, 0) is 12.8 Å². The van der Waals surface area contributed by atoms with Gasteiger partial charge in [0.05, 0.1) is 10.9 Å². The number of hydrogen-bond acceptors (Lipinski definition) is 2. The van der Waals surface area contributed by atoms with E-state index in [-0.39, 0.29) is 16.1 Å². The molecule has 0 N–H and O–H groups in total. The largest absolute Gasteiger partial charge is 0.381 e. The highest BCUT2D eigenvalue weighted by molar-refractivity contribution is 9.10. The zero-order valence-corrected chi connectivity index (χ0v) is 11.1. The monoisotopic (exact) mass is 275 g/mol. The smallest absolute Gasteiger partial charge is 0.236 e. The normalized spacial score (nSPS) is 39.3. The summed E-state index contributed by atoms with van der Waals surface area (Å²) >= 11 is 3.41. The van der Waals surface area contributed by atoms with Crippen molar-refractivity contribution in [2.24, 2.45) is 5.41 Å². The molecule has 1 saturated heterocycles. The molecule has 2 fully saturated rings. The predicted molar refractivity (Wildman–Crippen MR) is 62.0 cm³/mol. The van der Waals surface area contributed by atoms with Gasteiger partial charge < -0.3 is 9.64 Å². The van der Waals surface area contributed by atoms with Crippen LogP contribution in [0, 0.1) is 5.41 Å². The van der Waals surface area contributed by atoms with Crippen LogP contribution in [0.15, 0.2) is 0 Å². The number of nitrogens with zero attached hydrogens (tertiary/aromatic N) is 1. The second kappa shape index (κ2) is 3.74. The van der Waals surface area contributed by atoms with Crippen molar-refractivity contribution in [1.82, 2.24) is 4.90 Å². The van der Waals surface area contributed by atoms with Gasteiger partial charge in [-0.3, -0.25) is 4.79 Å². The highest BCUT2D eigenvalue weighted by Crippen LogP contribution is 2.46. The standard InChI is InChI=1S/C11H18BrNO2/c1-11(2)8(6-9(11)15-3)13-5-4-7(12)10(13)14/h7-9H,4-6H2,1-3H3. The Hall–Kier alpha value is -0.0900. The average molecular weight is 276 g/mol. The molecule has 0 spiro atoms. The molecule has 0 aromatic heterocycles. The Balaban J connectivity index is 2.06. The van der Waals surface area contributed by atoms with Gasteiger partial charge in [0.15, 0.2) is 0 Å². The van der Waals surface area contributed by atoms with Gasteiger partial charge in [0, 0.05) is 25.1 Å². The molecule has 3 atom stereocenters. The highest BCUT2D eigenvalue weighted by Gasteiger charge is 2.53. The highest BCUT2D eigenvalue weighted by atomic mass is 79.9. The number of halogens is 1. The van der Waals surface area contributed by atoms with E-state index in [0.717, 1.165) is 19.4 Å². The molecule has 2 aliphatic rings. The van der Waals surface area contributed by atoms with Crippen LogP contribution in [0.25, 0.3) is 0 Å². The van der Waals surface area contributed by atoms with Crippen LogP contribution in [0.5, 0.6) is 0 Å². The van der Waals surface area contributed by atoms with E-state index in [9.17, 15) is 4.79 Å². The molecule has 1 heterocycles. The Morgan fingerprint density at radius 1 is 1.53 bits per heavy atom. The number of methoxy groups -OCH3 is 1. The zero-order valence-electron chi connectivity index (χ0n) is 9.50. The number of carbonyl (C=O) groups excluding carboxylic acids is 1. The molecule has 0 bridgehead atoms. The lowest BCUT2D eigenvalue weighted by atomic mass is 9.64. The third kappa shape index (κ3) is 1.62. The van der Waals surface area contributed by atoms with Gasteiger partial charge in [-0.2, -0.15) is 0 Å². The van der Waals surface area contributed by atoms with Crippen LogP contribution < -0.4 is 0 Å². The third-order valence-corrected chi connectivity index (χ3v) is 4.81. The summed E-state index contributed by atoms with van der Waals surface area (Å²) in [5.41, 5.74) is 0.0987. The molecule has 1 aliphatic heterocycles. The van der Waals surface area contributed by atoms with Crippen LogP contribution in [-0.4, -0.2) is 41.4 Å². The third-order valence-electron chi connectivity index (χ3n) is 3.96. The van der Waals surface area contributed by atoms with Gasteiger partial charge >= 0.3 is 0 Å². The van der Waals surface area contributed by atoms with Crippen LogP contribution in [0.2, 0.25) is 0 Å². The number of carbonyl (C=O) groups is 1. The van der Waals surface area contributed by atoms with E-state index in [4.69, 9.17) is 4.74 Å². The molecule has 4 heteroatoms. The van der Waals surface area contributed by atoms with Gasteiger partial charge in [-0.25, -0.2) is 0 Å². The van der Waals surface area contributed by atoms with Crippen molar-refractivity contribution < 1.29 is 9.53 Å². The van der Waals surface area contributed by atoms with E-state index in [2.05, 4.69) is 29.8 Å². The second-order valence-corrected chi connectivity index (χ2v) is 6.19. The Morgan fingerprint density at radius 2 is 2.20 bits per heavy atom. The van der Waals surface area contributed by atoms with Gasteiger partial charge in [0.25, 0.3) is 0 Å². The number of rotatable bonds is 2. The summed E-state index contributed by atoms with van der Waals surface area (Å²) in [6.45, 7) is 5.26. The number of likely N-dealkylation sites (tertiary alicyclic amines) is 1. The van der Waals surface area contributed by atoms with E-state index in [1.54, 1.807) is 7.11 Å². The van der Waals surface area contributed by atoms with E-state index >= 15 is 0 Å². The van der Waals surface area contributed by atoms with Crippen LogP contribution >= 0.6 is 15.9 Å². The van der Waals surface area contributed by atoms with Gasteiger partial charge in [-0.1, -0.05) is 29.8 Å². The molecular weight excluding hydrogens is 258 g/mol. The van der Waals surface area contributed by atoms with E-state index in [1.807, 2.05) is 4.90 Å². The number of amides is 1. The summed E-state index contributed by atoms with van der Waals surface area (Å²) in [5, 5.41) is 0. The molecule has 3 unspecified atom stereocenters. The Labute approximate surface area is 99.3 Å². The molecule has 3 nitrogen and oxygen atoms in total. The van der Waals surface area contributed by atoms with Crippen molar-refractivity contribution in [1.29, 1.82) is 0 Å². The maximum absolute atomic E-state index is 11.9. The first kappa shape index (κ1) is 11.4. The first-order valence-corrected chi connectivity index (χ1v) is 6.37. The molecular formula is C11H18BrNO2. The minimum Gasteiger partial charge on any atom is -0.381 e. The first-order chi connectivity index (χ1) is 6.98. The molecule has 0 aromatic carbocycles. The van der Waals surface area contributed by atoms with Crippen molar-refractivity contribution in [2.45, 2.75) is 43.7 Å². The van der Waals surface area contributed by atoms with Gasteiger partial charge in [0.2, 0.25) is 5.91 Å². The van der Waals surface area contributed by atoms with Crippen molar-refractivity contribution in [3.63, 3.8) is 0 Å². The summed E-state index contributed by atoms with van der Waals surface area (Å²) in [5.74, 6) is 0.252. The summed E-state index contributed by atoms with van der Waals surface area (Å²) in [7, 11) is 1.75. The van der Waals surface area contributed by atoms with E-state index in [1.165, 1.54) is 0 Å². The molecule has 1 saturated carbocycles. The van der Waals surface area contributed by atoms with Crippen LogP contribution in [0.1, 0.15) is 26.7 Å². The second-order valence-electron chi connectivity index (χ2n) is 5.09. The fourth-order valence-corrected chi connectivity index (χ4v) is 3.24. The van der Waals surface area contributed by atoms with Gasteiger partial charge in [-0.15, -0.1) is 0 Å². The minimum atomic E-state index is 0.0369. The Kier molecular flexibility index (Phi) is 2.84. The molecule has 1 amide bonds. The maximum atomic E-state index is 11.9. The summed E-state index contributed by atoms with van der Waals surface area (Å²) in [4.78, 5) is 13.9. The number of alkyl halides is 1. The lowest BCUT2D eigenvalue weighted by molar-refractivity contribution is -0.156. The first-order valence-electron chi connectivity index (χ1n) is 5.46. The number of hydrogen-bond donors (Lipinski definition) is 0. The average Bonchev–Trinajstić information content (AvgIpc) is 2.49. The molecule has 0 aromatic rings. The van der Waals surface area contributed by atoms with E-state index in [0.29, 0.717) is 12.1 Å². The van der Waals surface area contributed by atoms with Crippen molar-refractivity contribution in [2.75, 3.05) is 13.7 Å². The predicted octanol–water partition coefficient (Wildman–Crippen LogP) is 1.80. The molecule has 15 heavy (non-hydrogen) atoms. The van der Waals surface area contributed by atoms with Crippen molar-refractivity contribution >= 4 is 21.8 Å². The topological polar surface area (TPSA) is 29.5 Å². The zero-order chi connectivity index (χ0) is 11.2. The quantitative estimate of drug-likeness (QED) is 0.720. The number of ether oxygens (including phenoxy) is 1. The fourth-order valence-electron chi connectivity index (χ4n) is 2.77. The van der Waals surface area contributed by atoms with Crippen LogP contribution in [0.3, 0.4) is 0 Å². The van der Waals surface area contributed by atoms with Crippen molar-refractivity contribution in [3.8, 4) is 0 Å². The Morgan fingerprint density at radius 3 is 2.60 bits per heavy atom. The summed E-state index contributed by atoms with van der Waals surface area (Å²) in [6.07, 6.45) is 2.21. The summed E-state index contributed by atoms with van der Waals surface area (Å²) < 4.78 is 5.40. The van der Waals surface area contributed by atoms with Crippen molar-refractivity contribution in [3.05, 3.63) is 0 Å². The van der Waals surface area contributed by atoms with Gasteiger partial charge in [0.1, 0.15) is 0 Å². The summed E-state index contributed by atoms with van der Waals surface area (Å²) in [6, 6.07) is 0.359. The lowest BCUT2D eigenvalue weighted by Crippen LogP contribution is -2.62. The minimum absolute atomic E-state index is 0.0369. The SMILES string of the molecule is COC1CC(N2CCC(Br)C2=O)C1(C)C. The van der Waals surface area contributed by atoms with E-state index < -0.39 is 0 Å². The lowest BCUT2D eigenvalue weighted by Gasteiger charge is -2.54. The van der Waals surface area contributed by atoms with Crippen LogP contribution in [-0.2, 0) is 9.53 Å². The van der Waals surface area contributed by atoms with Crippen LogP contribution in [0.4, 0.5) is 0 Å². The molecule has 86 valence electrons. The Bertz CT molecular complexity index is 280.